The molecule has 5 heteroatoms. The van der Waals surface area contributed by atoms with E-state index in [0.717, 1.165) is 31.2 Å². The maximum absolute atomic E-state index is 11.9. The zero-order chi connectivity index (χ0) is 17.3. The van der Waals surface area contributed by atoms with Crippen molar-refractivity contribution < 1.29 is 14.3 Å². The normalized spacial score (nSPS) is 15.9. The van der Waals surface area contributed by atoms with Crippen molar-refractivity contribution in [2.75, 3.05) is 19.8 Å². The molecule has 1 amide bonds. The molecule has 1 fully saturated rings. The number of aromatic nitrogens is 1. The lowest BCUT2D eigenvalue weighted by molar-refractivity contribution is -0.140. The van der Waals surface area contributed by atoms with Gasteiger partial charge in [0.15, 0.2) is 6.29 Å². The van der Waals surface area contributed by atoms with Gasteiger partial charge in [-0.1, -0.05) is 19.9 Å². The Hall–Kier alpha value is -1.72. The lowest BCUT2D eigenvalue weighted by Crippen LogP contribution is -2.36. The number of nitrogens with zero attached hydrogens (tertiary/aromatic N) is 1. The highest BCUT2D eigenvalue weighted by atomic mass is 16.7. The molecule has 0 saturated carbocycles. The number of nitrogens with one attached hydrogen (secondary N) is 1. The fraction of sp³-hybridized carbons (Fsp3) is 0.579. The number of hydrogen-bond acceptors (Lipinski definition) is 4. The third-order valence-corrected chi connectivity index (χ3v) is 4.79. The molecular weight excluding hydrogens is 304 g/mol. The van der Waals surface area contributed by atoms with Crippen molar-refractivity contribution in [1.82, 2.24) is 10.3 Å². The van der Waals surface area contributed by atoms with Gasteiger partial charge in [-0.15, -0.1) is 0 Å². The number of hydrogen-bond donors (Lipinski definition) is 1. The van der Waals surface area contributed by atoms with Gasteiger partial charge in [0, 0.05) is 30.4 Å². The molecule has 0 bridgehead atoms. The van der Waals surface area contributed by atoms with Gasteiger partial charge in [-0.3, -0.25) is 9.78 Å². The largest absolute Gasteiger partial charge is 0.353 e. The van der Waals surface area contributed by atoms with Crippen molar-refractivity contribution in [2.45, 2.75) is 45.8 Å². The number of pyridine rings is 1. The minimum Gasteiger partial charge on any atom is -0.353 e. The molecule has 1 saturated heterocycles. The smallest absolute Gasteiger partial charge is 0.243 e. The molecule has 0 aliphatic carbocycles. The average Bonchev–Trinajstić information content (AvgIpc) is 3.17. The molecule has 0 unspecified atom stereocenters. The fourth-order valence-corrected chi connectivity index (χ4v) is 3.12. The summed E-state index contributed by atoms with van der Waals surface area (Å²) in [6, 6.07) is 3.76. The van der Waals surface area contributed by atoms with E-state index in [1.165, 1.54) is 0 Å². The first kappa shape index (κ1) is 18.6. The maximum atomic E-state index is 11.9. The number of ether oxygens (including phenoxy) is 2. The molecule has 0 spiro atoms. The Morgan fingerprint density at radius 1 is 1.38 bits per heavy atom. The maximum Gasteiger partial charge on any atom is 0.243 e. The number of amides is 1. The first-order valence-corrected chi connectivity index (χ1v) is 8.79. The Labute approximate surface area is 144 Å². The number of carbonyl (C=O) groups is 1. The SMILES string of the molecule is CCC(CC)(CCCNC(=O)/C=C/c1cccnc1)C1OCCO1. The van der Waals surface area contributed by atoms with Crippen LogP contribution in [-0.4, -0.2) is 36.9 Å². The van der Waals surface area contributed by atoms with Gasteiger partial charge in [0.1, 0.15) is 0 Å². The summed E-state index contributed by atoms with van der Waals surface area (Å²) in [7, 11) is 0. The topological polar surface area (TPSA) is 60.5 Å². The van der Waals surface area contributed by atoms with Gasteiger partial charge in [0.2, 0.25) is 5.91 Å². The lowest BCUT2D eigenvalue weighted by Gasteiger charge is -2.36. The van der Waals surface area contributed by atoms with Gasteiger partial charge in [-0.25, -0.2) is 0 Å². The van der Waals surface area contributed by atoms with E-state index >= 15 is 0 Å². The highest BCUT2D eigenvalue weighted by molar-refractivity contribution is 5.91. The third-order valence-electron chi connectivity index (χ3n) is 4.79. The number of carbonyl (C=O) groups excluding carboxylic acids is 1. The van der Waals surface area contributed by atoms with E-state index in [2.05, 4.69) is 24.1 Å². The van der Waals surface area contributed by atoms with E-state index in [1.807, 2.05) is 12.1 Å². The minimum atomic E-state index is -0.103. The van der Waals surface area contributed by atoms with Gasteiger partial charge in [-0.05, 0) is 43.4 Å². The highest BCUT2D eigenvalue weighted by Crippen LogP contribution is 2.39. The predicted octanol–water partition coefficient (Wildman–Crippen LogP) is 3.17. The molecule has 0 radical (unpaired) electrons. The first-order chi connectivity index (χ1) is 11.7. The summed E-state index contributed by atoms with van der Waals surface area (Å²) in [5.74, 6) is -0.0779. The standard InChI is InChI=1S/C19H28N2O3/c1-3-19(4-2,18-23-13-14-24-18)10-6-12-21-17(22)9-8-16-7-5-11-20-15-16/h5,7-9,11,15,18H,3-4,6,10,12-14H2,1-2H3,(H,21,22)/b9-8+. The summed E-state index contributed by atoms with van der Waals surface area (Å²) in [4.78, 5) is 15.9. The summed E-state index contributed by atoms with van der Waals surface area (Å²) in [6.07, 6.45) is 10.6. The van der Waals surface area contributed by atoms with Crippen molar-refractivity contribution in [2.24, 2.45) is 5.41 Å². The van der Waals surface area contributed by atoms with Crippen LogP contribution in [0.1, 0.15) is 45.1 Å². The van der Waals surface area contributed by atoms with E-state index in [4.69, 9.17) is 9.47 Å². The molecule has 0 atom stereocenters. The fourth-order valence-electron chi connectivity index (χ4n) is 3.12. The molecule has 1 aliphatic heterocycles. The van der Waals surface area contributed by atoms with Gasteiger partial charge >= 0.3 is 0 Å². The van der Waals surface area contributed by atoms with Crippen molar-refractivity contribution in [1.29, 1.82) is 0 Å². The lowest BCUT2D eigenvalue weighted by atomic mass is 9.77. The molecule has 2 rings (SSSR count). The van der Waals surface area contributed by atoms with Crippen molar-refractivity contribution in [3.63, 3.8) is 0 Å². The van der Waals surface area contributed by atoms with E-state index < -0.39 is 0 Å². The molecule has 0 aromatic carbocycles. The zero-order valence-corrected chi connectivity index (χ0v) is 14.7. The Morgan fingerprint density at radius 2 is 2.12 bits per heavy atom. The molecule has 1 aliphatic rings. The summed E-state index contributed by atoms with van der Waals surface area (Å²) in [5, 5.41) is 2.94. The van der Waals surface area contributed by atoms with Crippen molar-refractivity contribution in [3.05, 3.63) is 36.2 Å². The summed E-state index contributed by atoms with van der Waals surface area (Å²) >= 11 is 0. The Morgan fingerprint density at radius 3 is 2.75 bits per heavy atom. The van der Waals surface area contributed by atoms with Crippen LogP contribution in [0.2, 0.25) is 0 Å². The van der Waals surface area contributed by atoms with E-state index in [-0.39, 0.29) is 17.6 Å². The van der Waals surface area contributed by atoms with Crippen molar-refractivity contribution >= 4 is 12.0 Å². The predicted molar refractivity (Wildman–Crippen MR) is 94.2 cm³/mol. The summed E-state index contributed by atoms with van der Waals surface area (Å²) in [5.41, 5.74) is 0.964. The van der Waals surface area contributed by atoms with Crippen LogP contribution >= 0.6 is 0 Å². The van der Waals surface area contributed by atoms with E-state index in [9.17, 15) is 4.79 Å². The van der Waals surface area contributed by atoms with Crippen LogP contribution in [0.15, 0.2) is 30.6 Å². The van der Waals surface area contributed by atoms with Crippen LogP contribution in [0.3, 0.4) is 0 Å². The highest BCUT2D eigenvalue weighted by Gasteiger charge is 2.39. The quantitative estimate of drug-likeness (QED) is 0.557. The monoisotopic (exact) mass is 332 g/mol. The minimum absolute atomic E-state index is 0.0484. The zero-order valence-electron chi connectivity index (χ0n) is 14.7. The second kappa shape index (κ2) is 9.55. The second-order valence-corrected chi connectivity index (χ2v) is 6.16. The Kier molecular flexibility index (Phi) is 7.40. The summed E-state index contributed by atoms with van der Waals surface area (Å²) < 4.78 is 11.5. The van der Waals surface area contributed by atoms with Crippen LogP contribution in [0.4, 0.5) is 0 Å². The molecule has 132 valence electrons. The number of rotatable bonds is 9. The van der Waals surface area contributed by atoms with Crippen LogP contribution in [-0.2, 0) is 14.3 Å². The van der Waals surface area contributed by atoms with Gasteiger partial charge in [0.25, 0.3) is 0 Å². The average molecular weight is 332 g/mol. The van der Waals surface area contributed by atoms with Gasteiger partial charge in [0.05, 0.1) is 13.2 Å². The van der Waals surface area contributed by atoms with Gasteiger partial charge in [-0.2, -0.15) is 0 Å². The molecule has 1 aromatic heterocycles. The third kappa shape index (κ3) is 5.14. The Bertz CT molecular complexity index is 521. The van der Waals surface area contributed by atoms with Gasteiger partial charge < -0.3 is 14.8 Å². The second-order valence-electron chi connectivity index (χ2n) is 6.16. The van der Waals surface area contributed by atoms with Crippen LogP contribution in [0.25, 0.3) is 6.08 Å². The summed E-state index contributed by atoms with van der Waals surface area (Å²) in [6.45, 7) is 6.39. The van der Waals surface area contributed by atoms with E-state index in [1.54, 1.807) is 24.5 Å². The molecule has 1 N–H and O–H groups in total. The molecule has 5 nitrogen and oxygen atoms in total. The first-order valence-electron chi connectivity index (χ1n) is 8.79. The molecular formula is C19H28N2O3. The van der Waals surface area contributed by atoms with Crippen LogP contribution in [0, 0.1) is 5.41 Å². The Balaban J connectivity index is 1.74. The van der Waals surface area contributed by atoms with E-state index in [0.29, 0.717) is 19.8 Å². The molecule has 2 heterocycles. The van der Waals surface area contributed by atoms with Crippen molar-refractivity contribution in [3.8, 4) is 0 Å². The van der Waals surface area contributed by atoms with Crippen LogP contribution in [0.5, 0.6) is 0 Å². The molecule has 24 heavy (non-hydrogen) atoms. The molecule has 1 aromatic rings. The van der Waals surface area contributed by atoms with Crippen LogP contribution < -0.4 is 5.32 Å².